The maximum atomic E-state index is 10.4. The van der Waals surface area contributed by atoms with Gasteiger partial charge in [0.25, 0.3) is 0 Å². The molecular formula is C15H24N2O. The summed E-state index contributed by atoms with van der Waals surface area (Å²) in [5, 5.41) is 17.8. The van der Waals surface area contributed by atoms with E-state index in [0.29, 0.717) is 5.92 Å². The van der Waals surface area contributed by atoms with Crippen molar-refractivity contribution < 1.29 is 5.11 Å². The van der Waals surface area contributed by atoms with Crippen molar-refractivity contribution in [2.24, 2.45) is 5.41 Å². The zero-order valence-corrected chi connectivity index (χ0v) is 11.3. The first-order chi connectivity index (χ1) is 8.75. The molecular weight excluding hydrogens is 224 g/mol. The lowest BCUT2D eigenvalue weighted by atomic mass is 9.65. The fourth-order valence-corrected chi connectivity index (χ4v) is 4.21. The maximum Gasteiger partial charge on any atom is 0.0596 e. The predicted octanol–water partition coefficient (Wildman–Crippen LogP) is 3.16. The van der Waals surface area contributed by atoms with Crippen LogP contribution in [0.5, 0.6) is 0 Å². The van der Waals surface area contributed by atoms with Crippen LogP contribution in [0, 0.1) is 5.41 Å². The highest BCUT2D eigenvalue weighted by Gasteiger charge is 2.45. The smallest absolute Gasteiger partial charge is 0.0596 e. The van der Waals surface area contributed by atoms with Crippen molar-refractivity contribution in [3.63, 3.8) is 0 Å². The highest BCUT2D eigenvalue weighted by Crippen LogP contribution is 2.53. The standard InChI is InChI=1S/C15H24N2O/c1-2-11-10-16-17-14(11)12-5-6-13(18)15(9-12)7-3-4-8-15/h10,12-13,18H,2-9H2,1H3,(H,16,17). The van der Waals surface area contributed by atoms with E-state index >= 15 is 0 Å². The summed E-state index contributed by atoms with van der Waals surface area (Å²) >= 11 is 0. The van der Waals surface area contributed by atoms with Crippen LogP contribution in [0.4, 0.5) is 0 Å². The SMILES string of the molecule is CCc1cn[nH]c1C1CCC(O)C2(CCCC2)C1. The van der Waals surface area contributed by atoms with E-state index in [2.05, 4.69) is 17.1 Å². The highest BCUT2D eigenvalue weighted by atomic mass is 16.3. The number of aromatic amines is 1. The average molecular weight is 248 g/mol. The highest BCUT2D eigenvalue weighted by molar-refractivity contribution is 5.22. The number of nitrogens with zero attached hydrogens (tertiary/aromatic N) is 1. The number of hydrogen-bond acceptors (Lipinski definition) is 2. The van der Waals surface area contributed by atoms with Crippen LogP contribution in [0.1, 0.15) is 69.0 Å². The summed E-state index contributed by atoms with van der Waals surface area (Å²) in [4.78, 5) is 0. The number of aromatic nitrogens is 2. The van der Waals surface area contributed by atoms with E-state index in [1.165, 1.54) is 36.9 Å². The Morgan fingerprint density at radius 3 is 2.89 bits per heavy atom. The summed E-state index contributed by atoms with van der Waals surface area (Å²) in [6.07, 6.45) is 11.2. The van der Waals surface area contributed by atoms with E-state index in [0.717, 1.165) is 25.7 Å². The van der Waals surface area contributed by atoms with Gasteiger partial charge in [-0.2, -0.15) is 5.10 Å². The largest absolute Gasteiger partial charge is 0.393 e. The Bertz CT molecular complexity index is 406. The van der Waals surface area contributed by atoms with Gasteiger partial charge in [0.1, 0.15) is 0 Å². The first kappa shape index (κ1) is 12.2. The summed E-state index contributed by atoms with van der Waals surface area (Å²) in [6.45, 7) is 2.19. The average Bonchev–Trinajstić information content (AvgIpc) is 3.02. The van der Waals surface area contributed by atoms with Gasteiger partial charge in [-0.05, 0) is 49.5 Å². The summed E-state index contributed by atoms with van der Waals surface area (Å²) in [6, 6.07) is 0. The minimum Gasteiger partial charge on any atom is -0.393 e. The van der Waals surface area contributed by atoms with Crippen LogP contribution in [-0.4, -0.2) is 21.4 Å². The van der Waals surface area contributed by atoms with Crippen LogP contribution in [0.15, 0.2) is 6.20 Å². The molecule has 1 spiro atoms. The van der Waals surface area contributed by atoms with Crippen LogP contribution in [0.2, 0.25) is 0 Å². The van der Waals surface area contributed by atoms with Crippen molar-refractivity contribution in [2.45, 2.75) is 70.3 Å². The molecule has 3 nitrogen and oxygen atoms in total. The maximum absolute atomic E-state index is 10.4. The Hall–Kier alpha value is -0.830. The zero-order chi connectivity index (χ0) is 12.6. The molecule has 0 amide bonds. The molecule has 1 aromatic rings. The summed E-state index contributed by atoms with van der Waals surface area (Å²) in [5.41, 5.74) is 2.93. The first-order valence-corrected chi connectivity index (χ1v) is 7.45. The van der Waals surface area contributed by atoms with Crippen molar-refractivity contribution in [2.75, 3.05) is 0 Å². The van der Waals surface area contributed by atoms with E-state index in [4.69, 9.17) is 0 Å². The molecule has 100 valence electrons. The van der Waals surface area contributed by atoms with Crippen molar-refractivity contribution >= 4 is 0 Å². The van der Waals surface area contributed by atoms with E-state index < -0.39 is 0 Å². The fraction of sp³-hybridized carbons (Fsp3) is 0.800. The third kappa shape index (κ3) is 1.89. The molecule has 0 bridgehead atoms. The van der Waals surface area contributed by atoms with Gasteiger partial charge in [0, 0.05) is 11.6 Å². The molecule has 3 heteroatoms. The van der Waals surface area contributed by atoms with Crippen LogP contribution in [0.25, 0.3) is 0 Å². The first-order valence-electron chi connectivity index (χ1n) is 7.45. The molecule has 3 rings (SSSR count). The van der Waals surface area contributed by atoms with E-state index in [1.54, 1.807) is 0 Å². The second-order valence-electron chi connectivity index (χ2n) is 6.23. The van der Waals surface area contributed by atoms with Gasteiger partial charge in [-0.1, -0.05) is 19.8 Å². The molecule has 1 heterocycles. The lowest BCUT2D eigenvalue weighted by molar-refractivity contribution is -0.0155. The molecule has 0 radical (unpaired) electrons. The molecule has 2 unspecified atom stereocenters. The summed E-state index contributed by atoms with van der Waals surface area (Å²) in [7, 11) is 0. The molecule has 0 aromatic carbocycles. The Kier molecular flexibility index (Phi) is 3.18. The zero-order valence-electron chi connectivity index (χ0n) is 11.3. The molecule has 2 N–H and O–H groups in total. The lowest BCUT2D eigenvalue weighted by Gasteiger charge is -2.42. The van der Waals surface area contributed by atoms with Crippen molar-refractivity contribution in [3.05, 3.63) is 17.5 Å². The third-order valence-electron chi connectivity index (χ3n) is 5.29. The fourth-order valence-electron chi connectivity index (χ4n) is 4.21. The van der Waals surface area contributed by atoms with E-state index in [9.17, 15) is 5.11 Å². The van der Waals surface area contributed by atoms with Gasteiger partial charge in [0.05, 0.1) is 12.3 Å². The minimum absolute atomic E-state index is 0.0655. The topological polar surface area (TPSA) is 48.9 Å². The molecule has 2 saturated carbocycles. The molecule has 0 saturated heterocycles. The van der Waals surface area contributed by atoms with Gasteiger partial charge in [0.15, 0.2) is 0 Å². The monoisotopic (exact) mass is 248 g/mol. The van der Waals surface area contributed by atoms with E-state index in [-0.39, 0.29) is 11.5 Å². The molecule has 2 atom stereocenters. The number of aryl methyl sites for hydroxylation is 1. The van der Waals surface area contributed by atoms with Crippen LogP contribution in [-0.2, 0) is 6.42 Å². The second kappa shape index (κ2) is 4.69. The Morgan fingerprint density at radius 2 is 2.17 bits per heavy atom. The summed E-state index contributed by atoms with van der Waals surface area (Å²) in [5.74, 6) is 0.587. The van der Waals surface area contributed by atoms with Crippen molar-refractivity contribution in [1.29, 1.82) is 0 Å². The lowest BCUT2D eigenvalue weighted by Crippen LogP contribution is -2.38. The number of rotatable bonds is 2. The number of hydrogen-bond donors (Lipinski definition) is 2. The van der Waals surface area contributed by atoms with E-state index in [1.807, 2.05) is 6.20 Å². The number of aliphatic hydroxyl groups excluding tert-OH is 1. The van der Waals surface area contributed by atoms with Crippen LogP contribution < -0.4 is 0 Å². The van der Waals surface area contributed by atoms with Gasteiger partial charge in [-0.3, -0.25) is 5.10 Å². The Labute approximate surface area is 109 Å². The Morgan fingerprint density at radius 1 is 1.39 bits per heavy atom. The van der Waals surface area contributed by atoms with Gasteiger partial charge >= 0.3 is 0 Å². The van der Waals surface area contributed by atoms with Gasteiger partial charge in [-0.25, -0.2) is 0 Å². The number of H-pyrrole nitrogens is 1. The number of aliphatic hydroxyl groups is 1. The summed E-state index contributed by atoms with van der Waals surface area (Å²) < 4.78 is 0. The van der Waals surface area contributed by atoms with Crippen LogP contribution in [0.3, 0.4) is 0 Å². The number of nitrogens with one attached hydrogen (secondary N) is 1. The normalized spacial score (nSPS) is 31.0. The van der Waals surface area contributed by atoms with Crippen LogP contribution >= 0.6 is 0 Å². The third-order valence-corrected chi connectivity index (χ3v) is 5.29. The molecule has 0 aliphatic heterocycles. The van der Waals surface area contributed by atoms with Gasteiger partial charge in [0.2, 0.25) is 0 Å². The quantitative estimate of drug-likeness (QED) is 0.844. The minimum atomic E-state index is -0.0655. The van der Waals surface area contributed by atoms with Crippen molar-refractivity contribution in [3.8, 4) is 0 Å². The molecule has 18 heavy (non-hydrogen) atoms. The molecule has 2 fully saturated rings. The molecule has 1 aromatic heterocycles. The predicted molar refractivity (Wildman–Crippen MR) is 71.5 cm³/mol. The van der Waals surface area contributed by atoms with Gasteiger partial charge in [-0.15, -0.1) is 0 Å². The van der Waals surface area contributed by atoms with Crippen molar-refractivity contribution in [1.82, 2.24) is 10.2 Å². The molecule has 2 aliphatic carbocycles. The Balaban J connectivity index is 1.83. The molecule has 2 aliphatic rings. The second-order valence-corrected chi connectivity index (χ2v) is 6.23. The van der Waals surface area contributed by atoms with Gasteiger partial charge < -0.3 is 5.11 Å².